The van der Waals surface area contributed by atoms with Crippen molar-refractivity contribution >= 4 is 46.4 Å². The van der Waals surface area contributed by atoms with Gasteiger partial charge in [0.1, 0.15) is 0 Å². The van der Waals surface area contributed by atoms with Gasteiger partial charge in [-0.3, -0.25) is 9.89 Å². The molecule has 1 aliphatic carbocycles. The summed E-state index contributed by atoms with van der Waals surface area (Å²) in [6, 6.07) is 2.05. The van der Waals surface area contributed by atoms with Crippen molar-refractivity contribution in [3.63, 3.8) is 0 Å². The van der Waals surface area contributed by atoms with Gasteiger partial charge in [0.05, 0.1) is 5.69 Å². The smallest absolute Gasteiger partial charge is 0.191 e. The minimum Gasteiger partial charge on any atom is -0.357 e. The van der Waals surface area contributed by atoms with Gasteiger partial charge in [-0.1, -0.05) is 0 Å². The van der Waals surface area contributed by atoms with Gasteiger partial charge in [-0.2, -0.15) is 0 Å². The van der Waals surface area contributed by atoms with E-state index < -0.39 is 0 Å². The second-order valence-electron chi connectivity index (χ2n) is 8.18. The average Bonchev–Trinajstić information content (AvgIpc) is 3.04. The summed E-state index contributed by atoms with van der Waals surface area (Å²) in [5.74, 6) is 0.961. The number of thiazole rings is 1. The molecule has 3 heterocycles. The van der Waals surface area contributed by atoms with Crippen LogP contribution in [0.3, 0.4) is 0 Å². The number of nitrogens with zero attached hydrogens (tertiary/aromatic N) is 4. The second-order valence-corrected chi connectivity index (χ2v) is 9.02. The van der Waals surface area contributed by atoms with Crippen molar-refractivity contribution < 1.29 is 0 Å². The van der Waals surface area contributed by atoms with Crippen LogP contribution < -0.4 is 15.5 Å². The molecule has 1 aromatic heterocycles. The molecule has 2 atom stereocenters. The van der Waals surface area contributed by atoms with Crippen LogP contribution in [0.1, 0.15) is 51.6 Å². The average molecular weight is 519 g/mol. The number of hydrogen-bond donors (Lipinski definition) is 2. The highest BCUT2D eigenvalue weighted by Gasteiger charge is 2.38. The van der Waals surface area contributed by atoms with Crippen LogP contribution in [0.4, 0.5) is 5.13 Å². The molecule has 2 N–H and O–H groups in total. The molecular formula is C20H35IN6S. The fourth-order valence-corrected chi connectivity index (χ4v) is 5.25. The van der Waals surface area contributed by atoms with E-state index in [9.17, 15) is 0 Å². The molecule has 0 amide bonds. The molecule has 3 aliphatic rings. The van der Waals surface area contributed by atoms with Crippen LogP contribution in [-0.2, 0) is 6.42 Å². The van der Waals surface area contributed by atoms with Crippen molar-refractivity contribution in [1.29, 1.82) is 0 Å². The highest BCUT2D eigenvalue weighted by molar-refractivity contribution is 14.0. The minimum absolute atomic E-state index is 0. The summed E-state index contributed by atoms with van der Waals surface area (Å²) in [7, 11) is 0. The lowest BCUT2D eigenvalue weighted by Gasteiger charge is -2.20. The molecule has 1 saturated carbocycles. The Morgan fingerprint density at radius 2 is 2.11 bits per heavy atom. The summed E-state index contributed by atoms with van der Waals surface area (Å²) < 4.78 is 0. The van der Waals surface area contributed by atoms with Gasteiger partial charge >= 0.3 is 0 Å². The Labute approximate surface area is 190 Å². The number of nitrogens with one attached hydrogen (secondary N) is 2. The van der Waals surface area contributed by atoms with Crippen LogP contribution in [-0.4, -0.2) is 66.7 Å². The van der Waals surface area contributed by atoms with E-state index in [-0.39, 0.29) is 24.0 Å². The first-order chi connectivity index (χ1) is 13.2. The third kappa shape index (κ3) is 5.72. The van der Waals surface area contributed by atoms with Crippen LogP contribution in [0.15, 0.2) is 10.4 Å². The normalized spacial score (nSPS) is 25.8. The minimum atomic E-state index is 0. The predicted octanol–water partition coefficient (Wildman–Crippen LogP) is 3.08. The lowest BCUT2D eigenvalue weighted by Crippen LogP contribution is -2.44. The zero-order chi connectivity index (χ0) is 18.6. The summed E-state index contributed by atoms with van der Waals surface area (Å²) in [5.41, 5.74) is 1.18. The van der Waals surface area contributed by atoms with Crippen LogP contribution in [0, 0.1) is 0 Å². The summed E-state index contributed by atoms with van der Waals surface area (Å²) in [4.78, 5) is 14.7. The molecule has 0 spiro atoms. The molecule has 28 heavy (non-hydrogen) atoms. The van der Waals surface area contributed by atoms with Gasteiger partial charge in [-0.15, -0.1) is 35.3 Å². The van der Waals surface area contributed by atoms with Crippen LogP contribution in [0.5, 0.6) is 0 Å². The third-order valence-corrected chi connectivity index (χ3v) is 6.83. The standard InChI is InChI=1S/C20H34N6S.HI/c1-3-21-19(23-17-12-15(2)26(13-17)18-6-7-18)22-9-8-16-14-27-20(24-16)25-10-4-5-11-25;/h14-15,17-18H,3-13H2,1-2H3,(H2,21,22,23);1H. The zero-order valence-electron chi connectivity index (χ0n) is 17.2. The summed E-state index contributed by atoms with van der Waals surface area (Å²) in [5, 5.41) is 10.5. The van der Waals surface area contributed by atoms with Crippen LogP contribution in [0.2, 0.25) is 0 Å². The topological polar surface area (TPSA) is 55.8 Å². The zero-order valence-corrected chi connectivity index (χ0v) is 20.3. The van der Waals surface area contributed by atoms with Crippen LogP contribution >= 0.6 is 35.3 Å². The molecule has 8 heteroatoms. The van der Waals surface area contributed by atoms with E-state index in [0.29, 0.717) is 12.1 Å². The Bertz CT molecular complexity index is 640. The van der Waals surface area contributed by atoms with E-state index in [1.54, 1.807) is 11.3 Å². The van der Waals surface area contributed by atoms with E-state index >= 15 is 0 Å². The van der Waals surface area contributed by atoms with Crippen molar-refractivity contribution in [2.75, 3.05) is 37.6 Å². The largest absolute Gasteiger partial charge is 0.357 e. The summed E-state index contributed by atoms with van der Waals surface area (Å²) >= 11 is 1.78. The molecular weight excluding hydrogens is 483 g/mol. The fraction of sp³-hybridized carbons (Fsp3) is 0.800. The Morgan fingerprint density at radius 1 is 1.32 bits per heavy atom. The summed E-state index contributed by atoms with van der Waals surface area (Å²) in [6.45, 7) is 9.66. The molecule has 4 rings (SSSR count). The molecule has 0 aromatic carbocycles. The maximum Gasteiger partial charge on any atom is 0.191 e. The molecule has 1 aromatic rings. The molecule has 2 saturated heterocycles. The van der Waals surface area contributed by atoms with Crippen molar-refractivity contribution in [2.24, 2.45) is 4.99 Å². The Balaban J connectivity index is 0.00000225. The number of likely N-dealkylation sites (tertiary alicyclic amines) is 1. The third-order valence-electron chi connectivity index (χ3n) is 5.88. The number of aliphatic imine (C=N–C) groups is 1. The Kier molecular flexibility index (Phi) is 8.22. The van der Waals surface area contributed by atoms with Gasteiger partial charge in [-0.25, -0.2) is 4.98 Å². The quantitative estimate of drug-likeness (QED) is 0.330. The SMILES string of the molecule is CCNC(=NCCc1csc(N2CCCC2)n1)NC1CC(C)N(C2CC2)C1.I. The maximum atomic E-state index is 4.82. The van der Waals surface area contributed by atoms with Crippen molar-refractivity contribution in [3.8, 4) is 0 Å². The first-order valence-electron chi connectivity index (χ1n) is 10.7. The first-order valence-corrected chi connectivity index (χ1v) is 11.6. The lowest BCUT2D eigenvalue weighted by atomic mass is 10.2. The first kappa shape index (κ1) is 22.1. The number of guanidine groups is 1. The van der Waals surface area contributed by atoms with E-state index in [1.807, 2.05) is 0 Å². The van der Waals surface area contributed by atoms with E-state index in [0.717, 1.165) is 51.1 Å². The predicted molar refractivity (Wildman–Crippen MR) is 129 cm³/mol. The number of aromatic nitrogens is 1. The molecule has 3 fully saturated rings. The highest BCUT2D eigenvalue weighted by Crippen LogP contribution is 2.33. The van der Waals surface area contributed by atoms with Crippen molar-refractivity contribution in [3.05, 3.63) is 11.1 Å². The number of anilines is 1. The Hall–Kier alpha value is -0.610. The Morgan fingerprint density at radius 3 is 2.82 bits per heavy atom. The molecule has 2 aliphatic heterocycles. The molecule has 158 valence electrons. The van der Waals surface area contributed by atoms with Gasteiger partial charge < -0.3 is 15.5 Å². The molecule has 0 radical (unpaired) electrons. The maximum absolute atomic E-state index is 4.82. The molecule has 0 bridgehead atoms. The van der Waals surface area contributed by atoms with Crippen LogP contribution in [0.25, 0.3) is 0 Å². The molecule has 6 nitrogen and oxygen atoms in total. The van der Waals surface area contributed by atoms with Gasteiger partial charge in [0.25, 0.3) is 0 Å². The number of rotatable bonds is 7. The monoisotopic (exact) mass is 518 g/mol. The van der Waals surface area contributed by atoms with Gasteiger partial charge in [0.15, 0.2) is 11.1 Å². The number of hydrogen-bond acceptors (Lipinski definition) is 5. The van der Waals surface area contributed by atoms with E-state index in [1.165, 1.54) is 42.9 Å². The fourth-order valence-electron chi connectivity index (χ4n) is 4.34. The highest BCUT2D eigenvalue weighted by atomic mass is 127. The van der Waals surface area contributed by atoms with Crippen molar-refractivity contribution in [2.45, 2.75) is 70.5 Å². The second kappa shape index (κ2) is 10.4. The summed E-state index contributed by atoms with van der Waals surface area (Å²) in [6.07, 6.45) is 7.50. The van der Waals surface area contributed by atoms with E-state index in [2.05, 4.69) is 39.7 Å². The van der Waals surface area contributed by atoms with Crippen molar-refractivity contribution in [1.82, 2.24) is 20.5 Å². The lowest BCUT2D eigenvalue weighted by molar-refractivity contribution is 0.256. The van der Waals surface area contributed by atoms with Gasteiger partial charge in [-0.05, 0) is 46.0 Å². The van der Waals surface area contributed by atoms with E-state index in [4.69, 9.17) is 9.98 Å². The van der Waals surface area contributed by atoms with Gasteiger partial charge in [0, 0.05) is 62.7 Å². The molecule has 2 unspecified atom stereocenters. The number of halogens is 1. The van der Waals surface area contributed by atoms with Gasteiger partial charge in [0.2, 0.25) is 0 Å².